The van der Waals surface area contributed by atoms with E-state index in [0.29, 0.717) is 48.1 Å². The molecule has 0 radical (unpaired) electrons. The summed E-state index contributed by atoms with van der Waals surface area (Å²) in [6, 6.07) is 5.01. The van der Waals surface area contributed by atoms with Crippen molar-refractivity contribution in [3.63, 3.8) is 0 Å². The molecule has 0 spiro atoms. The number of hydrogen-bond donors (Lipinski definition) is 0. The minimum absolute atomic E-state index is 0.0655. The van der Waals surface area contributed by atoms with Gasteiger partial charge in [-0.2, -0.15) is 0 Å². The number of ether oxygens (including phenoxy) is 2. The standard InChI is InChI=1S/C16H19Cl2NO4/c1-2-22-15(20)11-5-7-19(8-6-11)16(21)23-10-12-9-13(17)3-4-14(12)18/h3-4,9,11H,2,5-8,10H2,1H3. The highest BCUT2D eigenvalue weighted by Gasteiger charge is 2.28. The molecule has 7 heteroatoms. The third-order valence-electron chi connectivity index (χ3n) is 3.73. The van der Waals surface area contributed by atoms with E-state index in [1.165, 1.54) is 0 Å². The molecule has 0 unspecified atom stereocenters. The summed E-state index contributed by atoms with van der Waals surface area (Å²) >= 11 is 11.9. The maximum atomic E-state index is 12.1. The van der Waals surface area contributed by atoms with Crippen LogP contribution in [0.25, 0.3) is 0 Å². The zero-order valence-electron chi connectivity index (χ0n) is 12.9. The van der Waals surface area contributed by atoms with Crippen molar-refractivity contribution in [2.24, 2.45) is 5.92 Å². The Morgan fingerprint density at radius 1 is 1.22 bits per heavy atom. The van der Waals surface area contributed by atoms with Gasteiger partial charge in [0.2, 0.25) is 0 Å². The molecule has 1 aromatic carbocycles. The number of halogens is 2. The van der Waals surface area contributed by atoms with Gasteiger partial charge >= 0.3 is 12.1 Å². The maximum Gasteiger partial charge on any atom is 0.410 e. The lowest BCUT2D eigenvalue weighted by molar-refractivity contribution is -0.149. The third-order valence-corrected chi connectivity index (χ3v) is 4.34. The molecule has 126 valence electrons. The number of amides is 1. The van der Waals surface area contributed by atoms with Crippen LogP contribution in [0, 0.1) is 5.92 Å². The summed E-state index contributed by atoms with van der Waals surface area (Å²) in [6.07, 6.45) is 0.765. The molecule has 1 aliphatic rings. The van der Waals surface area contributed by atoms with Crippen molar-refractivity contribution < 1.29 is 19.1 Å². The lowest BCUT2D eigenvalue weighted by Crippen LogP contribution is -2.40. The Labute approximate surface area is 145 Å². The number of benzene rings is 1. The number of carbonyl (C=O) groups is 2. The zero-order chi connectivity index (χ0) is 16.8. The van der Waals surface area contributed by atoms with E-state index in [1.54, 1.807) is 30.0 Å². The van der Waals surface area contributed by atoms with E-state index < -0.39 is 6.09 Å². The second-order valence-corrected chi connectivity index (χ2v) is 6.15. The van der Waals surface area contributed by atoms with Crippen molar-refractivity contribution in [1.29, 1.82) is 0 Å². The van der Waals surface area contributed by atoms with E-state index in [2.05, 4.69) is 0 Å². The summed E-state index contributed by atoms with van der Waals surface area (Å²) in [5.41, 5.74) is 0.661. The molecule has 1 aliphatic heterocycles. The van der Waals surface area contributed by atoms with E-state index >= 15 is 0 Å². The van der Waals surface area contributed by atoms with Crippen LogP contribution in [-0.2, 0) is 20.9 Å². The number of carbonyl (C=O) groups excluding carboxylic acids is 2. The average molecular weight is 360 g/mol. The van der Waals surface area contributed by atoms with Crippen molar-refractivity contribution >= 4 is 35.3 Å². The number of likely N-dealkylation sites (tertiary alicyclic amines) is 1. The fourth-order valence-electron chi connectivity index (χ4n) is 2.44. The molecule has 0 aliphatic carbocycles. The number of piperidine rings is 1. The topological polar surface area (TPSA) is 55.8 Å². The van der Waals surface area contributed by atoms with Crippen LogP contribution >= 0.6 is 23.2 Å². The highest BCUT2D eigenvalue weighted by molar-refractivity contribution is 6.33. The van der Waals surface area contributed by atoms with Gasteiger partial charge in [-0.3, -0.25) is 4.79 Å². The maximum absolute atomic E-state index is 12.1. The fraction of sp³-hybridized carbons (Fsp3) is 0.500. The first-order chi connectivity index (χ1) is 11.0. The van der Waals surface area contributed by atoms with Crippen molar-refractivity contribution in [2.75, 3.05) is 19.7 Å². The van der Waals surface area contributed by atoms with E-state index in [-0.39, 0.29) is 18.5 Å². The molecule has 0 bridgehead atoms. The Bertz CT molecular complexity index is 571. The molecule has 5 nitrogen and oxygen atoms in total. The first-order valence-corrected chi connectivity index (χ1v) is 8.29. The molecule has 23 heavy (non-hydrogen) atoms. The summed E-state index contributed by atoms with van der Waals surface area (Å²) in [5, 5.41) is 1.04. The second kappa shape index (κ2) is 8.41. The Balaban J connectivity index is 1.81. The molecule has 0 atom stereocenters. The third kappa shape index (κ3) is 5.01. The lowest BCUT2D eigenvalue weighted by Gasteiger charge is -2.30. The van der Waals surface area contributed by atoms with Gasteiger partial charge in [0.05, 0.1) is 12.5 Å². The summed E-state index contributed by atoms with van der Waals surface area (Å²) in [5.74, 6) is -0.326. The summed E-state index contributed by atoms with van der Waals surface area (Å²) in [7, 11) is 0. The van der Waals surface area contributed by atoms with Crippen molar-refractivity contribution in [2.45, 2.75) is 26.4 Å². The Hall–Kier alpha value is -1.46. The van der Waals surface area contributed by atoms with Crippen LogP contribution in [0.15, 0.2) is 18.2 Å². The molecule has 2 rings (SSSR count). The molecule has 1 saturated heterocycles. The van der Waals surface area contributed by atoms with Gasteiger partial charge in [-0.25, -0.2) is 4.79 Å². The molecule has 0 N–H and O–H groups in total. The van der Waals surface area contributed by atoms with Gasteiger partial charge in [-0.15, -0.1) is 0 Å². The molecular weight excluding hydrogens is 341 g/mol. The van der Waals surface area contributed by atoms with Gasteiger partial charge < -0.3 is 14.4 Å². The normalized spacial score (nSPS) is 15.3. The predicted molar refractivity (Wildman–Crippen MR) is 87.6 cm³/mol. The summed E-state index contributed by atoms with van der Waals surface area (Å²) in [6.45, 7) is 3.18. The fourth-order valence-corrected chi connectivity index (χ4v) is 2.81. The van der Waals surface area contributed by atoms with Crippen molar-refractivity contribution in [1.82, 2.24) is 4.90 Å². The van der Waals surface area contributed by atoms with Gasteiger partial charge in [0, 0.05) is 28.7 Å². The summed E-state index contributed by atoms with van der Waals surface area (Å²) in [4.78, 5) is 25.3. The zero-order valence-corrected chi connectivity index (χ0v) is 14.4. The quantitative estimate of drug-likeness (QED) is 0.764. The summed E-state index contributed by atoms with van der Waals surface area (Å²) < 4.78 is 10.3. The second-order valence-electron chi connectivity index (χ2n) is 5.30. The van der Waals surface area contributed by atoms with Gasteiger partial charge in [0.1, 0.15) is 6.61 Å². The van der Waals surface area contributed by atoms with Crippen molar-refractivity contribution in [3.05, 3.63) is 33.8 Å². The SMILES string of the molecule is CCOC(=O)C1CCN(C(=O)OCc2cc(Cl)ccc2Cl)CC1. The van der Waals surface area contributed by atoms with Crippen LogP contribution in [-0.4, -0.2) is 36.7 Å². The van der Waals surface area contributed by atoms with Crippen LogP contribution < -0.4 is 0 Å². The van der Waals surface area contributed by atoms with Gasteiger partial charge in [0.25, 0.3) is 0 Å². The Morgan fingerprint density at radius 3 is 2.57 bits per heavy atom. The van der Waals surface area contributed by atoms with Gasteiger partial charge in [-0.05, 0) is 38.0 Å². The number of rotatable bonds is 4. The molecular formula is C16H19Cl2NO4. The largest absolute Gasteiger partial charge is 0.466 e. The Morgan fingerprint density at radius 2 is 1.91 bits per heavy atom. The van der Waals surface area contributed by atoms with E-state index in [9.17, 15) is 9.59 Å². The predicted octanol–water partition coefficient (Wildman–Crippen LogP) is 3.91. The monoisotopic (exact) mass is 359 g/mol. The number of hydrogen-bond acceptors (Lipinski definition) is 4. The van der Waals surface area contributed by atoms with Gasteiger partial charge in [0.15, 0.2) is 0 Å². The molecule has 1 amide bonds. The minimum atomic E-state index is -0.414. The number of esters is 1. The smallest absolute Gasteiger partial charge is 0.410 e. The van der Waals surface area contributed by atoms with E-state index in [0.717, 1.165) is 0 Å². The highest BCUT2D eigenvalue weighted by atomic mass is 35.5. The highest BCUT2D eigenvalue weighted by Crippen LogP contribution is 2.23. The van der Waals surface area contributed by atoms with Crippen LogP contribution in [0.1, 0.15) is 25.3 Å². The Kier molecular flexibility index (Phi) is 6.54. The van der Waals surface area contributed by atoms with Crippen LogP contribution in [0.2, 0.25) is 10.0 Å². The van der Waals surface area contributed by atoms with Gasteiger partial charge in [-0.1, -0.05) is 23.2 Å². The van der Waals surface area contributed by atoms with Crippen molar-refractivity contribution in [3.8, 4) is 0 Å². The van der Waals surface area contributed by atoms with Crippen LogP contribution in [0.4, 0.5) is 4.79 Å². The average Bonchev–Trinajstić information content (AvgIpc) is 2.55. The van der Waals surface area contributed by atoms with Crippen LogP contribution in [0.3, 0.4) is 0 Å². The van der Waals surface area contributed by atoms with E-state index in [4.69, 9.17) is 32.7 Å². The first kappa shape index (κ1) is 17.9. The lowest BCUT2D eigenvalue weighted by atomic mass is 9.97. The first-order valence-electron chi connectivity index (χ1n) is 7.53. The molecule has 1 heterocycles. The van der Waals surface area contributed by atoms with Crippen LogP contribution in [0.5, 0.6) is 0 Å². The minimum Gasteiger partial charge on any atom is -0.466 e. The molecule has 0 saturated carbocycles. The molecule has 1 fully saturated rings. The van der Waals surface area contributed by atoms with E-state index in [1.807, 2.05) is 0 Å². The molecule has 0 aromatic heterocycles. The molecule has 1 aromatic rings. The number of nitrogens with zero attached hydrogens (tertiary/aromatic N) is 1.